The van der Waals surface area contributed by atoms with E-state index in [4.69, 9.17) is 0 Å². The van der Waals surface area contributed by atoms with Gasteiger partial charge in [-0.2, -0.15) is 0 Å². The fraction of sp³-hybridized carbons (Fsp3) is 0.600. The van der Waals surface area contributed by atoms with Crippen LogP contribution in [0.5, 0.6) is 0 Å². The van der Waals surface area contributed by atoms with E-state index in [1.165, 1.54) is 0 Å². The van der Waals surface area contributed by atoms with E-state index in [0.717, 1.165) is 0 Å². The highest BCUT2D eigenvalue weighted by Gasteiger charge is 1.49. The fourth-order valence-electron chi connectivity index (χ4n) is 0.172. The minimum atomic E-state index is 1.75. The van der Waals surface area contributed by atoms with Crippen LogP contribution < -0.4 is 0 Å². The molecule has 0 amide bonds. The molecule has 0 bridgehead atoms. The van der Waals surface area contributed by atoms with Crippen LogP contribution in [0, 0.1) is 0 Å². The maximum atomic E-state index is 3.83. The molecule has 0 aliphatic heterocycles. The maximum absolute atomic E-state index is 3.83. The van der Waals surface area contributed by atoms with E-state index in [0.29, 0.717) is 0 Å². The first-order valence-electron chi connectivity index (χ1n) is 4.24. The number of rotatable bonds is 1. The summed E-state index contributed by atoms with van der Waals surface area (Å²) in [6, 6.07) is 0. The van der Waals surface area contributed by atoms with Gasteiger partial charge >= 0.3 is 0 Å². The molecule has 12 heavy (non-hydrogen) atoms. The zero-order valence-corrected chi connectivity index (χ0v) is 10.1. The zero-order valence-electron chi connectivity index (χ0n) is 9.29. The molecule has 0 rings (SSSR count). The van der Waals surface area contributed by atoms with Crippen LogP contribution in [0.25, 0.3) is 0 Å². The fourth-order valence-corrected chi connectivity index (χ4v) is 0.172. The van der Waals surface area contributed by atoms with Gasteiger partial charge in [0.1, 0.15) is 0 Å². The number of hydrogen-bond acceptors (Lipinski definition) is 2. The Morgan fingerprint density at radius 1 is 1.08 bits per heavy atom. The van der Waals surface area contributed by atoms with Crippen molar-refractivity contribution in [3.05, 3.63) is 12.2 Å². The molecule has 0 N–H and O–H groups in total. The van der Waals surface area contributed by atoms with Crippen molar-refractivity contribution in [3.8, 4) is 0 Å². The molecule has 0 fully saturated rings. The first-order chi connectivity index (χ1) is 5.91. The van der Waals surface area contributed by atoms with Crippen molar-refractivity contribution in [2.75, 3.05) is 7.05 Å². The molecular weight excluding hydrogens is 166 g/mol. The first kappa shape index (κ1) is 22.5. The van der Waals surface area contributed by atoms with Crippen LogP contribution in [0.1, 0.15) is 34.6 Å². The minimum absolute atomic E-state index is 1.75. The second-order valence-corrected chi connectivity index (χ2v) is 0.933. The van der Waals surface area contributed by atoms with Crippen molar-refractivity contribution in [2.24, 2.45) is 4.99 Å². The van der Waals surface area contributed by atoms with Crippen molar-refractivity contribution in [1.82, 2.24) is 0 Å². The lowest BCUT2D eigenvalue weighted by molar-refractivity contribution is 1.47. The van der Waals surface area contributed by atoms with Crippen LogP contribution in [0.4, 0.5) is 0 Å². The van der Waals surface area contributed by atoms with Crippen LogP contribution in [0.2, 0.25) is 0 Å². The highest BCUT2D eigenvalue weighted by Crippen LogP contribution is 1.60. The molecule has 1 nitrogen and oxygen atoms in total. The molecule has 0 heterocycles. The molecule has 2 heteroatoms. The summed E-state index contributed by atoms with van der Waals surface area (Å²) >= 11 is 3.83. The summed E-state index contributed by atoms with van der Waals surface area (Å²) < 4.78 is 0. The summed E-state index contributed by atoms with van der Waals surface area (Å²) in [4.78, 5) is 3.71. The Labute approximate surface area is 83.6 Å². The monoisotopic (exact) mass is 189 g/mol. The molecule has 0 aromatic heterocycles. The summed E-state index contributed by atoms with van der Waals surface area (Å²) in [5.41, 5.74) is 0. The normalized spacial score (nSPS) is 7.17. The largest absolute Gasteiger partial charge is 0.297 e. The summed E-state index contributed by atoms with van der Waals surface area (Å²) in [6.45, 7) is 9.96. The molecule has 0 saturated heterocycles. The average molecular weight is 189 g/mol. The van der Waals surface area contributed by atoms with Gasteiger partial charge in [-0.1, -0.05) is 46.0 Å². The van der Waals surface area contributed by atoms with E-state index in [-0.39, 0.29) is 0 Å². The molecule has 0 aliphatic carbocycles. The van der Waals surface area contributed by atoms with E-state index in [2.05, 4.69) is 23.1 Å². The molecule has 0 saturated carbocycles. The molecule has 0 aliphatic rings. The third-order valence-electron chi connectivity index (χ3n) is 0.428. The van der Waals surface area contributed by atoms with Crippen LogP contribution in [-0.2, 0) is 0 Å². The predicted octanol–water partition coefficient (Wildman–Crippen LogP) is 3.93. The molecule has 0 radical (unpaired) electrons. The summed E-state index contributed by atoms with van der Waals surface area (Å²) in [5, 5.41) is 0. The second-order valence-electron chi connectivity index (χ2n) is 0.933. The van der Waals surface area contributed by atoms with Crippen molar-refractivity contribution >= 4 is 24.3 Å². The number of nitrogens with zero attached hydrogens (tertiary/aromatic N) is 1. The molecule has 0 aromatic rings. The van der Waals surface area contributed by atoms with Crippen LogP contribution in [-0.4, -0.2) is 19.1 Å². The van der Waals surface area contributed by atoms with Crippen LogP contribution in [0.3, 0.4) is 0 Å². The first-order valence-corrected chi connectivity index (χ1v) is 4.82. The average Bonchev–Trinajstić information content (AvgIpc) is 2.24. The minimum Gasteiger partial charge on any atom is -0.297 e. The predicted molar refractivity (Wildman–Crippen MR) is 66.6 cm³/mol. The number of hydrogen-bond donors (Lipinski definition) is 0. The molecule has 0 spiro atoms. The number of aliphatic imine (C=N–C) groups is 1. The molecular formula is C10H23NS. The number of thiocarbonyl (C=S) groups is 1. The Bertz CT molecular complexity index is 67.9. The van der Waals surface area contributed by atoms with Gasteiger partial charge < -0.3 is 0 Å². The third-order valence-corrected chi connectivity index (χ3v) is 0.428. The van der Waals surface area contributed by atoms with Crippen LogP contribution in [0.15, 0.2) is 17.1 Å². The van der Waals surface area contributed by atoms with E-state index < -0.39 is 0 Å². The van der Waals surface area contributed by atoms with Gasteiger partial charge in [0.2, 0.25) is 0 Å². The van der Waals surface area contributed by atoms with Gasteiger partial charge in [-0.05, 0) is 18.9 Å². The Balaban J connectivity index is -0.0000000453. The third kappa shape index (κ3) is 110. The highest BCUT2D eigenvalue weighted by atomic mass is 32.1. The van der Waals surface area contributed by atoms with Gasteiger partial charge in [-0.25, -0.2) is 0 Å². The quantitative estimate of drug-likeness (QED) is 0.450. The van der Waals surface area contributed by atoms with E-state index in [9.17, 15) is 0 Å². The molecule has 0 aromatic carbocycles. The lowest BCUT2D eigenvalue weighted by atomic mass is 10.6. The van der Waals surface area contributed by atoms with E-state index >= 15 is 0 Å². The summed E-state index contributed by atoms with van der Waals surface area (Å²) in [6.07, 6.45) is 5.58. The summed E-state index contributed by atoms with van der Waals surface area (Å²) in [5.74, 6) is 2.83. The Morgan fingerprint density at radius 3 is 1.50 bits per heavy atom. The lowest BCUT2D eigenvalue weighted by Gasteiger charge is -1.63. The van der Waals surface area contributed by atoms with Crippen molar-refractivity contribution in [1.29, 1.82) is 0 Å². The standard InChI is InChI=1S/C5H9N.2C2H6.CH2S/c1-3-4-5-6-2;3*1-2/h3-5H,1-2H3;2*1-2H3;1H2/b4-3-,6-5?;;;. The van der Waals surface area contributed by atoms with Crippen molar-refractivity contribution in [2.45, 2.75) is 34.6 Å². The van der Waals surface area contributed by atoms with Gasteiger partial charge in [0.15, 0.2) is 0 Å². The summed E-state index contributed by atoms with van der Waals surface area (Å²) in [7, 11) is 1.75. The van der Waals surface area contributed by atoms with Gasteiger partial charge in [0.05, 0.1) is 0 Å². The smallest absolute Gasteiger partial charge is 0.0277 e. The van der Waals surface area contributed by atoms with Gasteiger partial charge in [0, 0.05) is 13.3 Å². The Morgan fingerprint density at radius 2 is 1.42 bits per heavy atom. The topological polar surface area (TPSA) is 12.4 Å². The Kier molecular flexibility index (Phi) is 145. The van der Waals surface area contributed by atoms with Crippen molar-refractivity contribution < 1.29 is 0 Å². The molecule has 74 valence electrons. The van der Waals surface area contributed by atoms with Gasteiger partial charge in [-0.3, -0.25) is 4.99 Å². The van der Waals surface area contributed by atoms with Gasteiger partial charge in [0.25, 0.3) is 0 Å². The van der Waals surface area contributed by atoms with Crippen LogP contribution >= 0.6 is 12.2 Å². The number of allylic oxidation sites excluding steroid dienone is 2. The van der Waals surface area contributed by atoms with E-state index in [1.807, 2.05) is 46.8 Å². The molecule has 0 unspecified atom stereocenters. The second kappa shape index (κ2) is 77.4. The Hall–Kier alpha value is -0.500. The van der Waals surface area contributed by atoms with Crippen molar-refractivity contribution in [3.63, 3.8) is 0 Å². The molecule has 0 atom stereocenters. The van der Waals surface area contributed by atoms with E-state index in [1.54, 1.807) is 13.3 Å². The van der Waals surface area contributed by atoms with Gasteiger partial charge in [-0.15, -0.1) is 0 Å². The maximum Gasteiger partial charge on any atom is 0.0277 e. The zero-order chi connectivity index (χ0) is 10.8. The highest BCUT2D eigenvalue weighted by molar-refractivity contribution is 7.77. The lowest BCUT2D eigenvalue weighted by Crippen LogP contribution is -1.56. The SMILES string of the molecule is C/C=C\C=NC.C=S.CC.CC.